The van der Waals surface area contributed by atoms with Crippen LogP contribution >= 0.6 is 27.7 Å². The summed E-state index contributed by atoms with van der Waals surface area (Å²) in [6.07, 6.45) is 0.900. The van der Waals surface area contributed by atoms with Gasteiger partial charge in [-0.05, 0) is 41.8 Å². The van der Waals surface area contributed by atoms with E-state index in [-0.39, 0.29) is 0 Å². The van der Waals surface area contributed by atoms with Crippen molar-refractivity contribution in [1.29, 1.82) is 0 Å². The smallest absolute Gasteiger partial charge is 0.151 e. The van der Waals surface area contributed by atoms with Gasteiger partial charge >= 0.3 is 0 Å². The molecule has 0 radical (unpaired) electrons. The molecular formula is C16H15BrOS. The number of hydrogen-bond acceptors (Lipinski definition) is 2. The first-order valence-corrected chi connectivity index (χ1v) is 7.73. The lowest BCUT2D eigenvalue weighted by atomic mass is 10.0. The Morgan fingerprint density at radius 3 is 2.37 bits per heavy atom. The summed E-state index contributed by atoms with van der Waals surface area (Å²) in [6.45, 7) is 4.36. The zero-order valence-corrected chi connectivity index (χ0v) is 13.3. The third kappa shape index (κ3) is 3.71. The maximum atomic E-state index is 11.0. The van der Waals surface area contributed by atoms with E-state index in [1.807, 2.05) is 18.2 Å². The van der Waals surface area contributed by atoms with Gasteiger partial charge in [0.15, 0.2) is 6.29 Å². The largest absolute Gasteiger partial charge is 0.298 e. The quantitative estimate of drug-likeness (QED) is 0.683. The Labute approximate surface area is 126 Å². The minimum absolute atomic E-state index is 0.537. The average Bonchev–Trinajstić information content (AvgIpc) is 2.39. The van der Waals surface area contributed by atoms with Crippen LogP contribution in [0.15, 0.2) is 56.7 Å². The van der Waals surface area contributed by atoms with E-state index in [1.165, 1.54) is 5.56 Å². The lowest BCUT2D eigenvalue weighted by Crippen LogP contribution is -1.87. The molecule has 2 aromatic carbocycles. The normalized spacial score (nSPS) is 10.7. The van der Waals surface area contributed by atoms with Gasteiger partial charge in [0.2, 0.25) is 0 Å². The van der Waals surface area contributed by atoms with E-state index in [4.69, 9.17) is 0 Å². The van der Waals surface area contributed by atoms with Crippen LogP contribution in [0.2, 0.25) is 0 Å². The molecule has 0 aliphatic heterocycles. The molecule has 2 aromatic rings. The topological polar surface area (TPSA) is 17.1 Å². The van der Waals surface area contributed by atoms with Gasteiger partial charge in [0, 0.05) is 19.8 Å². The Morgan fingerprint density at radius 1 is 1.11 bits per heavy atom. The fourth-order valence-electron chi connectivity index (χ4n) is 1.74. The van der Waals surface area contributed by atoms with Gasteiger partial charge in [-0.15, -0.1) is 0 Å². The van der Waals surface area contributed by atoms with Gasteiger partial charge in [-0.1, -0.05) is 53.7 Å². The maximum Gasteiger partial charge on any atom is 0.151 e. The molecule has 0 N–H and O–H groups in total. The highest BCUT2D eigenvalue weighted by molar-refractivity contribution is 9.10. The van der Waals surface area contributed by atoms with Crippen LogP contribution in [-0.2, 0) is 0 Å². The number of aldehydes is 1. The fourth-order valence-corrected chi connectivity index (χ4v) is 3.20. The van der Waals surface area contributed by atoms with Gasteiger partial charge in [-0.3, -0.25) is 4.79 Å². The molecule has 0 bridgehead atoms. The van der Waals surface area contributed by atoms with Crippen molar-refractivity contribution >= 4 is 34.0 Å². The minimum Gasteiger partial charge on any atom is -0.298 e. The molecule has 0 heterocycles. The third-order valence-electron chi connectivity index (χ3n) is 2.88. The van der Waals surface area contributed by atoms with Gasteiger partial charge in [-0.2, -0.15) is 0 Å². The van der Waals surface area contributed by atoms with Crippen LogP contribution in [0.3, 0.4) is 0 Å². The number of benzene rings is 2. The molecule has 0 spiro atoms. The zero-order chi connectivity index (χ0) is 13.8. The van der Waals surface area contributed by atoms with E-state index < -0.39 is 0 Å². The Balaban J connectivity index is 2.25. The van der Waals surface area contributed by atoms with Crippen LogP contribution in [0, 0.1) is 0 Å². The van der Waals surface area contributed by atoms with Crippen molar-refractivity contribution in [3.05, 3.63) is 58.1 Å². The van der Waals surface area contributed by atoms with Crippen molar-refractivity contribution in [2.24, 2.45) is 0 Å². The first kappa shape index (κ1) is 14.4. The Bertz CT molecular complexity index is 576. The highest BCUT2D eigenvalue weighted by Crippen LogP contribution is 2.32. The molecule has 0 aromatic heterocycles. The molecule has 3 heteroatoms. The van der Waals surface area contributed by atoms with Crippen LogP contribution < -0.4 is 0 Å². The monoisotopic (exact) mass is 334 g/mol. The first-order valence-electron chi connectivity index (χ1n) is 6.12. The van der Waals surface area contributed by atoms with Gasteiger partial charge in [-0.25, -0.2) is 0 Å². The number of rotatable bonds is 4. The summed E-state index contributed by atoms with van der Waals surface area (Å²) in [5.41, 5.74) is 2.05. The first-order chi connectivity index (χ1) is 9.10. The molecule has 0 saturated carbocycles. The molecule has 0 unspecified atom stereocenters. The lowest BCUT2D eigenvalue weighted by Gasteiger charge is -2.08. The van der Waals surface area contributed by atoms with Crippen LogP contribution in [0.4, 0.5) is 0 Å². The number of carbonyl (C=O) groups excluding carboxylic acids is 1. The number of halogens is 1. The molecule has 0 saturated heterocycles. The summed E-state index contributed by atoms with van der Waals surface area (Å²) < 4.78 is 0.986. The molecule has 98 valence electrons. The van der Waals surface area contributed by atoms with Crippen molar-refractivity contribution in [2.45, 2.75) is 29.6 Å². The number of carbonyl (C=O) groups is 1. The predicted molar refractivity (Wildman–Crippen MR) is 84.2 cm³/mol. The lowest BCUT2D eigenvalue weighted by molar-refractivity contribution is 0.112. The minimum atomic E-state index is 0.537. The molecule has 0 atom stereocenters. The second kappa shape index (κ2) is 6.40. The summed E-state index contributed by atoms with van der Waals surface area (Å²) in [5.74, 6) is 0.537. The van der Waals surface area contributed by atoms with E-state index in [2.05, 4.69) is 54.0 Å². The van der Waals surface area contributed by atoms with Crippen molar-refractivity contribution in [3.63, 3.8) is 0 Å². The molecule has 0 aliphatic carbocycles. The standard InChI is InChI=1S/C16H15BrOS/c1-11(2)12-4-7-15(8-5-12)19-16-9-14(17)6-3-13(16)10-18/h3-11H,1-2H3. The average molecular weight is 335 g/mol. The Kier molecular flexibility index (Phi) is 4.83. The molecule has 19 heavy (non-hydrogen) atoms. The summed E-state index contributed by atoms with van der Waals surface area (Å²) in [6, 6.07) is 14.2. The zero-order valence-electron chi connectivity index (χ0n) is 10.9. The van der Waals surface area contributed by atoms with Crippen molar-refractivity contribution in [3.8, 4) is 0 Å². The second-order valence-corrected chi connectivity index (χ2v) is 6.66. The summed E-state index contributed by atoms with van der Waals surface area (Å²) in [7, 11) is 0. The van der Waals surface area contributed by atoms with E-state index in [1.54, 1.807) is 11.8 Å². The summed E-state index contributed by atoms with van der Waals surface area (Å²) in [4.78, 5) is 13.2. The Hall–Kier alpha value is -1.06. The summed E-state index contributed by atoms with van der Waals surface area (Å²) >= 11 is 5.05. The van der Waals surface area contributed by atoms with E-state index >= 15 is 0 Å². The van der Waals surface area contributed by atoms with Crippen molar-refractivity contribution in [2.75, 3.05) is 0 Å². The van der Waals surface area contributed by atoms with E-state index in [0.717, 1.165) is 26.1 Å². The highest BCUT2D eigenvalue weighted by Gasteiger charge is 2.05. The molecular weight excluding hydrogens is 320 g/mol. The third-order valence-corrected chi connectivity index (χ3v) is 4.45. The van der Waals surface area contributed by atoms with Gasteiger partial charge in [0.1, 0.15) is 0 Å². The molecule has 1 nitrogen and oxygen atoms in total. The molecule has 0 aliphatic rings. The molecule has 0 amide bonds. The predicted octanol–water partition coefficient (Wildman–Crippen LogP) is 5.54. The van der Waals surface area contributed by atoms with Crippen molar-refractivity contribution in [1.82, 2.24) is 0 Å². The molecule has 2 rings (SSSR count). The number of hydrogen-bond donors (Lipinski definition) is 0. The Morgan fingerprint density at radius 2 is 1.79 bits per heavy atom. The van der Waals surface area contributed by atoms with Crippen molar-refractivity contribution < 1.29 is 4.79 Å². The SMILES string of the molecule is CC(C)c1ccc(Sc2cc(Br)ccc2C=O)cc1. The maximum absolute atomic E-state index is 11.0. The molecule has 0 fully saturated rings. The van der Waals surface area contributed by atoms with Gasteiger partial charge < -0.3 is 0 Å². The van der Waals surface area contributed by atoms with Crippen LogP contribution in [0.5, 0.6) is 0 Å². The van der Waals surface area contributed by atoms with Crippen LogP contribution in [-0.4, -0.2) is 6.29 Å². The van der Waals surface area contributed by atoms with E-state index in [9.17, 15) is 4.79 Å². The van der Waals surface area contributed by atoms with Gasteiger partial charge in [0.05, 0.1) is 0 Å². The van der Waals surface area contributed by atoms with E-state index in [0.29, 0.717) is 5.92 Å². The van der Waals surface area contributed by atoms with Crippen LogP contribution in [0.25, 0.3) is 0 Å². The van der Waals surface area contributed by atoms with Crippen LogP contribution in [0.1, 0.15) is 35.7 Å². The highest BCUT2D eigenvalue weighted by atomic mass is 79.9. The fraction of sp³-hybridized carbons (Fsp3) is 0.188. The van der Waals surface area contributed by atoms with Gasteiger partial charge in [0.25, 0.3) is 0 Å². The second-order valence-electron chi connectivity index (χ2n) is 4.63. The summed E-state index contributed by atoms with van der Waals surface area (Å²) in [5, 5.41) is 0.